The van der Waals surface area contributed by atoms with Gasteiger partial charge in [0.15, 0.2) is 0 Å². The zero-order chi connectivity index (χ0) is 13.8. The number of likely N-dealkylation sites (tertiary alicyclic amines) is 1. The summed E-state index contributed by atoms with van der Waals surface area (Å²) < 4.78 is 0. The third kappa shape index (κ3) is 3.00. The van der Waals surface area contributed by atoms with Crippen molar-refractivity contribution in [1.29, 1.82) is 0 Å². The van der Waals surface area contributed by atoms with E-state index >= 15 is 0 Å². The molecule has 0 unspecified atom stereocenters. The molecule has 3 heteroatoms. The molecular formula is C17H23N3. The van der Waals surface area contributed by atoms with Gasteiger partial charge in [0.1, 0.15) is 0 Å². The predicted octanol–water partition coefficient (Wildman–Crippen LogP) is 2.80. The van der Waals surface area contributed by atoms with Gasteiger partial charge in [-0.15, -0.1) is 0 Å². The van der Waals surface area contributed by atoms with Crippen molar-refractivity contribution in [1.82, 2.24) is 9.88 Å². The molecule has 1 aromatic carbocycles. The summed E-state index contributed by atoms with van der Waals surface area (Å²) in [6, 6.07) is 8.53. The number of hydrogen-bond donors (Lipinski definition) is 1. The third-order valence-corrected chi connectivity index (χ3v) is 4.43. The normalized spacial score (nSPS) is 17.6. The maximum atomic E-state index is 5.66. The summed E-state index contributed by atoms with van der Waals surface area (Å²) in [7, 11) is 0. The average molecular weight is 269 g/mol. The second-order valence-electron chi connectivity index (χ2n) is 5.82. The Morgan fingerprint density at radius 1 is 1.15 bits per heavy atom. The molecule has 20 heavy (non-hydrogen) atoms. The van der Waals surface area contributed by atoms with Crippen LogP contribution in [0.4, 0.5) is 0 Å². The van der Waals surface area contributed by atoms with Gasteiger partial charge in [0.2, 0.25) is 0 Å². The van der Waals surface area contributed by atoms with Crippen molar-refractivity contribution in [3.63, 3.8) is 0 Å². The Kier molecular flexibility index (Phi) is 4.28. The summed E-state index contributed by atoms with van der Waals surface area (Å²) in [5, 5.41) is 2.58. The molecule has 1 aliphatic rings. The highest BCUT2D eigenvalue weighted by Gasteiger charge is 2.19. The van der Waals surface area contributed by atoms with Crippen LogP contribution in [0.3, 0.4) is 0 Å². The largest absolute Gasteiger partial charge is 0.330 e. The Bertz CT molecular complexity index is 554. The molecule has 0 atom stereocenters. The minimum atomic E-state index is 0.831. The molecule has 0 amide bonds. The predicted molar refractivity (Wildman–Crippen MR) is 83.4 cm³/mol. The smallest absolute Gasteiger partial charge is 0.0346 e. The molecule has 2 heterocycles. The first kappa shape index (κ1) is 13.5. The van der Waals surface area contributed by atoms with Gasteiger partial charge in [-0.2, -0.15) is 0 Å². The number of pyridine rings is 1. The van der Waals surface area contributed by atoms with E-state index in [1.807, 2.05) is 12.4 Å². The summed E-state index contributed by atoms with van der Waals surface area (Å²) in [6.45, 7) is 4.23. The lowest BCUT2D eigenvalue weighted by Crippen LogP contribution is -2.33. The fourth-order valence-electron chi connectivity index (χ4n) is 3.21. The molecule has 1 aromatic heterocycles. The molecule has 0 radical (unpaired) electrons. The highest BCUT2D eigenvalue weighted by Crippen LogP contribution is 2.23. The Morgan fingerprint density at radius 3 is 2.75 bits per heavy atom. The molecule has 1 aliphatic heterocycles. The Hall–Kier alpha value is -1.45. The molecule has 0 saturated carbocycles. The zero-order valence-corrected chi connectivity index (χ0v) is 12.0. The van der Waals surface area contributed by atoms with Crippen molar-refractivity contribution in [2.24, 2.45) is 11.7 Å². The summed E-state index contributed by atoms with van der Waals surface area (Å²) in [5.41, 5.74) is 7.01. The Morgan fingerprint density at radius 2 is 1.95 bits per heavy atom. The van der Waals surface area contributed by atoms with Crippen molar-refractivity contribution >= 4 is 10.8 Å². The van der Waals surface area contributed by atoms with Crippen molar-refractivity contribution in [2.75, 3.05) is 19.6 Å². The van der Waals surface area contributed by atoms with Crippen LogP contribution in [0, 0.1) is 5.92 Å². The molecule has 2 aromatic rings. The average Bonchev–Trinajstić information content (AvgIpc) is 2.50. The summed E-state index contributed by atoms with van der Waals surface area (Å²) in [4.78, 5) is 6.93. The maximum absolute atomic E-state index is 5.66. The highest BCUT2D eigenvalue weighted by molar-refractivity contribution is 5.84. The van der Waals surface area contributed by atoms with Gasteiger partial charge in [0.25, 0.3) is 0 Å². The van der Waals surface area contributed by atoms with E-state index in [1.54, 1.807) is 0 Å². The molecule has 106 valence electrons. The molecule has 1 saturated heterocycles. The van der Waals surface area contributed by atoms with E-state index in [9.17, 15) is 0 Å². The van der Waals surface area contributed by atoms with Gasteiger partial charge < -0.3 is 5.73 Å². The third-order valence-electron chi connectivity index (χ3n) is 4.43. The summed E-state index contributed by atoms with van der Waals surface area (Å²) >= 11 is 0. The van der Waals surface area contributed by atoms with E-state index in [0.717, 1.165) is 19.0 Å². The number of nitrogens with zero attached hydrogens (tertiary/aromatic N) is 2. The van der Waals surface area contributed by atoms with E-state index in [2.05, 4.69) is 34.1 Å². The van der Waals surface area contributed by atoms with E-state index in [4.69, 9.17) is 5.73 Å². The lowest BCUT2D eigenvalue weighted by Gasteiger charge is -2.32. The Labute approximate surface area is 120 Å². The van der Waals surface area contributed by atoms with Gasteiger partial charge in [-0.05, 0) is 55.8 Å². The van der Waals surface area contributed by atoms with Crippen LogP contribution in [0.25, 0.3) is 10.8 Å². The Balaban J connectivity index is 1.68. The van der Waals surface area contributed by atoms with Gasteiger partial charge in [-0.1, -0.05) is 24.3 Å². The second kappa shape index (κ2) is 6.33. The number of nitrogens with two attached hydrogens (primary N) is 1. The lowest BCUT2D eigenvalue weighted by atomic mass is 9.93. The van der Waals surface area contributed by atoms with Crippen LogP contribution >= 0.6 is 0 Å². The SMILES string of the molecule is NCCC1CCN(Cc2cncc3ccccc23)CC1. The van der Waals surface area contributed by atoms with Gasteiger partial charge in [0, 0.05) is 24.3 Å². The van der Waals surface area contributed by atoms with Crippen molar-refractivity contribution < 1.29 is 0 Å². The first-order valence-electron chi connectivity index (χ1n) is 7.61. The number of benzene rings is 1. The van der Waals surface area contributed by atoms with Gasteiger partial charge >= 0.3 is 0 Å². The van der Waals surface area contributed by atoms with Gasteiger partial charge in [-0.3, -0.25) is 9.88 Å². The van der Waals surface area contributed by atoms with Crippen LogP contribution in [0.5, 0.6) is 0 Å². The number of piperidine rings is 1. The molecular weight excluding hydrogens is 246 g/mol. The van der Waals surface area contributed by atoms with Crippen LogP contribution < -0.4 is 5.73 Å². The topological polar surface area (TPSA) is 42.1 Å². The van der Waals surface area contributed by atoms with E-state index in [-0.39, 0.29) is 0 Å². The molecule has 2 N–H and O–H groups in total. The van der Waals surface area contributed by atoms with Crippen LogP contribution in [0.1, 0.15) is 24.8 Å². The van der Waals surface area contributed by atoms with Crippen LogP contribution in [0.2, 0.25) is 0 Å². The molecule has 0 bridgehead atoms. The molecule has 3 nitrogen and oxygen atoms in total. The molecule has 1 fully saturated rings. The molecule has 0 aliphatic carbocycles. The molecule has 3 rings (SSSR count). The van der Waals surface area contributed by atoms with Crippen LogP contribution in [-0.2, 0) is 6.54 Å². The van der Waals surface area contributed by atoms with Gasteiger partial charge in [-0.25, -0.2) is 0 Å². The minimum Gasteiger partial charge on any atom is -0.330 e. The first-order chi connectivity index (χ1) is 9.86. The van der Waals surface area contributed by atoms with E-state index in [1.165, 1.54) is 48.7 Å². The maximum Gasteiger partial charge on any atom is 0.0346 e. The number of rotatable bonds is 4. The standard InChI is InChI=1S/C17H23N3/c18-8-5-14-6-9-20(10-7-14)13-16-12-19-11-15-3-1-2-4-17(15)16/h1-4,11-12,14H,5-10,13,18H2. The number of aromatic nitrogens is 1. The highest BCUT2D eigenvalue weighted by atomic mass is 15.1. The zero-order valence-electron chi connectivity index (χ0n) is 12.0. The lowest BCUT2D eigenvalue weighted by molar-refractivity contribution is 0.174. The van der Waals surface area contributed by atoms with Gasteiger partial charge in [0.05, 0.1) is 0 Å². The minimum absolute atomic E-state index is 0.831. The van der Waals surface area contributed by atoms with Crippen molar-refractivity contribution in [3.8, 4) is 0 Å². The monoisotopic (exact) mass is 269 g/mol. The second-order valence-corrected chi connectivity index (χ2v) is 5.82. The summed E-state index contributed by atoms with van der Waals surface area (Å²) in [6.07, 6.45) is 7.73. The fraction of sp³-hybridized carbons (Fsp3) is 0.471. The summed E-state index contributed by atoms with van der Waals surface area (Å²) in [5.74, 6) is 0.835. The number of hydrogen-bond acceptors (Lipinski definition) is 3. The van der Waals surface area contributed by atoms with E-state index in [0.29, 0.717) is 0 Å². The molecule has 0 spiro atoms. The van der Waals surface area contributed by atoms with Crippen LogP contribution in [0.15, 0.2) is 36.7 Å². The van der Waals surface area contributed by atoms with Crippen LogP contribution in [-0.4, -0.2) is 29.5 Å². The first-order valence-corrected chi connectivity index (χ1v) is 7.61. The fourth-order valence-corrected chi connectivity index (χ4v) is 3.21. The van der Waals surface area contributed by atoms with Crippen molar-refractivity contribution in [2.45, 2.75) is 25.8 Å². The number of fused-ring (bicyclic) bond motifs is 1. The van der Waals surface area contributed by atoms with E-state index < -0.39 is 0 Å². The van der Waals surface area contributed by atoms with Crippen molar-refractivity contribution in [3.05, 3.63) is 42.2 Å². The quantitative estimate of drug-likeness (QED) is 0.928.